The Hall–Kier alpha value is -7.57. The number of H-pyrrole nitrogens is 1. The maximum atomic E-state index is 13.4. The zero-order valence-electron chi connectivity index (χ0n) is 44.3. The van der Waals surface area contributed by atoms with Crippen molar-refractivity contribution in [1.82, 2.24) is 50.7 Å². The fraction of sp³-hybridized carbons (Fsp3) is 0.520. The molecule has 0 saturated heterocycles. The van der Waals surface area contributed by atoms with Crippen molar-refractivity contribution in [3.05, 3.63) is 70.0 Å². The number of pyridine rings is 1. The summed E-state index contributed by atoms with van der Waals surface area (Å²) in [5.74, 6) is -3.43. The van der Waals surface area contributed by atoms with Crippen molar-refractivity contribution in [2.24, 2.45) is 11.5 Å². The molecule has 4 aromatic rings. The van der Waals surface area contributed by atoms with Gasteiger partial charge in [0.1, 0.15) is 23.1 Å². The number of Topliss-reactive ketones (excluding diaryl/α,β-unsaturated/α-hetero) is 1. The van der Waals surface area contributed by atoms with E-state index in [0.29, 0.717) is 41.6 Å². The molecule has 0 bridgehead atoms. The number of imidazole rings is 1. The van der Waals surface area contributed by atoms with Crippen LogP contribution in [-0.2, 0) is 70.4 Å². The number of rotatable bonds is 40. The van der Waals surface area contributed by atoms with E-state index in [0.717, 1.165) is 22.9 Å². The number of ketones is 1. The molecule has 1 aromatic carbocycles. The molecule has 3 aromatic heterocycles. The summed E-state index contributed by atoms with van der Waals surface area (Å²) in [5.41, 5.74) is 18.5. The number of carboxylic acids is 1. The maximum Gasteiger partial charge on any atom is 0.328 e. The number of aryl methyl sites for hydroxylation is 1. The highest BCUT2D eigenvalue weighted by Gasteiger charge is 2.27. The number of nitrogens with one attached hydrogen (secondary N) is 5. The van der Waals surface area contributed by atoms with Gasteiger partial charge >= 0.3 is 11.7 Å². The van der Waals surface area contributed by atoms with Crippen LogP contribution in [0.25, 0.3) is 11.2 Å². The number of aromatic nitrogens is 5. The Balaban J connectivity index is 1.07. The first-order valence-corrected chi connectivity index (χ1v) is 26.5. The second kappa shape index (κ2) is 35.0. The molecule has 0 saturated carbocycles. The van der Waals surface area contributed by atoms with Gasteiger partial charge < -0.3 is 77.1 Å². The minimum Gasteiger partial charge on any atom is -0.481 e. The lowest BCUT2D eigenvalue weighted by Crippen LogP contribution is -2.47. The number of thioether (sulfide) groups is 1. The molecule has 2 unspecified atom stereocenters. The van der Waals surface area contributed by atoms with Crippen molar-refractivity contribution >= 4 is 75.9 Å². The predicted octanol–water partition coefficient (Wildman–Crippen LogP) is -0.966. The molecule has 432 valence electrons. The third-order valence-electron chi connectivity index (χ3n) is 11.2. The van der Waals surface area contributed by atoms with Gasteiger partial charge in [0, 0.05) is 69.9 Å². The Morgan fingerprint density at radius 1 is 0.797 bits per heavy atom. The SMILES string of the molecule is CCCN(Cc1ccc(Oc2ccc(Cn3c(=O)[nH]c4c(N)nc(C)nc43)cn2)cc1)C(=O)CCNC(=O)C(CC(=O)O)SCC(NC(=O)CCOCCOCCOCCOCCNC(=O)CCC(=O)CNC(=O)CN)C(N)=O. The largest absolute Gasteiger partial charge is 0.481 e. The lowest BCUT2D eigenvalue weighted by atomic mass is 10.2. The smallest absolute Gasteiger partial charge is 0.328 e. The van der Waals surface area contributed by atoms with Crippen LogP contribution in [0, 0.1) is 6.92 Å². The monoisotopic (exact) mass is 1130 g/mol. The van der Waals surface area contributed by atoms with E-state index in [1.165, 1.54) is 4.57 Å². The third-order valence-corrected chi connectivity index (χ3v) is 12.5. The van der Waals surface area contributed by atoms with Gasteiger partial charge in [-0.05, 0) is 36.6 Å². The van der Waals surface area contributed by atoms with E-state index >= 15 is 0 Å². The number of amides is 6. The van der Waals surface area contributed by atoms with Gasteiger partial charge in [-0.15, -0.1) is 11.8 Å². The zero-order valence-corrected chi connectivity index (χ0v) is 45.1. The van der Waals surface area contributed by atoms with Crippen LogP contribution in [0.15, 0.2) is 47.4 Å². The molecule has 0 aliphatic heterocycles. The second-order valence-corrected chi connectivity index (χ2v) is 18.7. The number of hydrogen-bond acceptors (Lipinski definition) is 20. The highest BCUT2D eigenvalue weighted by Crippen LogP contribution is 2.22. The fourth-order valence-electron chi connectivity index (χ4n) is 7.14. The van der Waals surface area contributed by atoms with Crippen LogP contribution in [-0.4, -0.2) is 184 Å². The molecule has 0 spiro atoms. The zero-order chi connectivity index (χ0) is 57.5. The average molecular weight is 1130 g/mol. The molecule has 0 aliphatic rings. The van der Waals surface area contributed by atoms with Crippen LogP contribution in [0.2, 0.25) is 0 Å². The van der Waals surface area contributed by atoms with Crippen LogP contribution in [0.1, 0.15) is 62.4 Å². The van der Waals surface area contributed by atoms with E-state index in [1.54, 1.807) is 42.3 Å². The predicted molar refractivity (Wildman–Crippen MR) is 287 cm³/mol. The number of primary amides is 1. The Morgan fingerprint density at radius 3 is 2.10 bits per heavy atom. The topological polar surface area (TPSA) is 409 Å². The van der Waals surface area contributed by atoms with Gasteiger partial charge in [0.05, 0.1) is 84.2 Å². The molecule has 79 heavy (non-hydrogen) atoms. The van der Waals surface area contributed by atoms with Crippen molar-refractivity contribution in [1.29, 1.82) is 0 Å². The number of nitrogens with zero attached hydrogens (tertiary/aromatic N) is 5. The minimum atomic E-state index is -1.27. The van der Waals surface area contributed by atoms with Crippen LogP contribution < -0.4 is 48.9 Å². The highest BCUT2D eigenvalue weighted by molar-refractivity contribution is 8.00. The number of aliphatic carboxylic acids is 1. The normalized spacial score (nSPS) is 11.8. The number of anilines is 1. The number of hydrogen-bond donors (Lipinski definition) is 9. The number of ether oxygens (including phenoxy) is 5. The van der Waals surface area contributed by atoms with Gasteiger partial charge in [-0.3, -0.25) is 42.9 Å². The third kappa shape index (κ3) is 24.3. The summed E-state index contributed by atoms with van der Waals surface area (Å²) >= 11 is 0.833. The summed E-state index contributed by atoms with van der Waals surface area (Å²) < 4.78 is 29.1. The number of aromatic amines is 1. The Morgan fingerprint density at radius 2 is 1.47 bits per heavy atom. The van der Waals surface area contributed by atoms with Crippen molar-refractivity contribution in [2.75, 3.05) is 97.1 Å². The molecule has 0 aliphatic carbocycles. The fourth-order valence-corrected chi connectivity index (χ4v) is 8.30. The molecular formula is C50H71N13O15S. The van der Waals surface area contributed by atoms with E-state index < -0.39 is 47.3 Å². The molecule has 29 heteroatoms. The number of nitrogens with two attached hydrogens (primary N) is 3. The van der Waals surface area contributed by atoms with Gasteiger partial charge in [0.15, 0.2) is 17.2 Å². The number of benzene rings is 1. The molecular weight excluding hydrogens is 1050 g/mol. The minimum absolute atomic E-state index is 0.00108. The van der Waals surface area contributed by atoms with Crippen LogP contribution in [0.5, 0.6) is 11.6 Å². The van der Waals surface area contributed by atoms with E-state index in [-0.39, 0.29) is 153 Å². The number of carboxylic acid groups (broad SMARTS) is 1. The average Bonchev–Trinajstić information content (AvgIpc) is 3.86. The Kier molecular flexibility index (Phi) is 28.4. The molecule has 0 fully saturated rings. The van der Waals surface area contributed by atoms with Gasteiger partial charge in [0.25, 0.3) is 0 Å². The van der Waals surface area contributed by atoms with E-state index in [2.05, 4.69) is 41.2 Å². The van der Waals surface area contributed by atoms with E-state index in [4.69, 9.17) is 40.9 Å². The summed E-state index contributed by atoms with van der Waals surface area (Å²) in [6.45, 7) is 6.05. The van der Waals surface area contributed by atoms with E-state index in [1.807, 2.05) is 19.1 Å². The number of carbonyl (C=O) groups is 8. The lowest BCUT2D eigenvalue weighted by Gasteiger charge is -2.23. The van der Waals surface area contributed by atoms with Gasteiger partial charge in [-0.2, -0.15) is 0 Å². The number of nitrogen functional groups attached to an aromatic ring is 1. The summed E-state index contributed by atoms with van der Waals surface area (Å²) in [4.78, 5) is 127. The summed E-state index contributed by atoms with van der Waals surface area (Å²) in [5, 5.41) is 18.5. The number of fused-ring (bicyclic) bond motifs is 1. The van der Waals surface area contributed by atoms with Crippen LogP contribution in [0.3, 0.4) is 0 Å². The lowest BCUT2D eigenvalue weighted by molar-refractivity contribution is -0.138. The second-order valence-electron chi connectivity index (χ2n) is 17.5. The molecule has 4 rings (SSSR count). The summed E-state index contributed by atoms with van der Waals surface area (Å²) in [7, 11) is 0. The first-order chi connectivity index (χ1) is 38.0. The van der Waals surface area contributed by atoms with Gasteiger partial charge in [-0.25, -0.2) is 19.7 Å². The van der Waals surface area contributed by atoms with Gasteiger partial charge in [0.2, 0.25) is 41.3 Å². The van der Waals surface area contributed by atoms with Crippen LogP contribution in [0.4, 0.5) is 5.82 Å². The first-order valence-electron chi connectivity index (χ1n) is 25.4. The first kappa shape index (κ1) is 64.0. The van der Waals surface area contributed by atoms with Crippen molar-refractivity contribution in [3.63, 3.8) is 0 Å². The Bertz CT molecular complexity index is 2690. The molecule has 28 nitrogen and oxygen atoms in total. The summed E-state index contributed by atoms with van der Waals surface area (Å²) in [6, 6.07) is 9.35. The van der Waals surface area contributed by atoms with E-state index in [9.17, 15) is 48.3 Å². The van der Waals surface area contributed by atoms with Crippen molar-refractivity contribution < 1.29 is 67.1 Å². The molecule has 3 heterocycles. The van der Waals surface area contributed by atoms with Gasteiger partial charge in [-0.1, -0.05) is 25.1 Å². The summed E-state index contributed by atoms with van der Waals surface area (Å²) in [6.07, 6.45) is 1.45. The van der Waals surface area contributed by atoms with Crippen molar-refractivity contribution in [2.45, 2.75) is 76.8 Å². The quantitative estimate of drug-likeness (QED) is 0.0242. The Labute approximate surface area is 459 Å². The maximum absolute atomic E-state index is 13.4. The number of carbonyl (C=O) groups excluding carboxylic acids is 7. The standard InChI is InChI=1S/C50H71N13O15S/c1-3-16-62(29-33-4-8-36(9-5-33)78-42-11-6-34(27-57-42)30-63-48-45(61-50(63)73)46(52)58-32(2)59-48)43(68)12-14-55-49(72)38(25-44(69)70)79-31-37(47(53)71)60-40(66)13-17-74-19-21-76-23-24-77-22-20-75-18-15-54-39(65)10-7-35(64)28-56-41(67)26-51/h4-6,8-9,11,27,37-38H,3,7,10,12-26,28-31,51H2,1-2H3,(H2,53,71)(H,54,65)(H,55,72)(H,56,67)(H,60,66)(H,61,73)(H,69,70)(H2,52,58,59). The molecule has 6 amide bonds. The molecule has 12 N–H and O–H groups in total. The highest BCUT2D eigenvalue weighted by atomic mass is 32.2. The molecule has 0 radical (unpaired) electrons. The molecule has 2 atom stereocenters. The van der Waals surface area contributed by atoms with Crippen molar-refractivity contribution in [3.8, 4) is 11.6 Å². The van der Waals surface area contributed by atoms with Crippen LogP contribution >= 0.6 is 11.8 Å².